The Morgan fingerprint density at radius 2 is 2.05 bits per heavy atom. The molecule has 1 unspecified atom stereocenters. The van der Waals surface area contributed by atoms with Gasteiger partial charge in [-0.05, 0) is 50.6 Å². The second-order valence-corrected chi connectivity index (χ2v) is 6.99. The number of rotatable bonds is 8. The van der Waals surface area contributed by atoms with Gasteiger partial charge in [0.25, 0.3) is 0 Å². The Kier molecular flexibility index (Phi) is 6.59. The molecule has 0 amide bonds. The van der Waals surface area contributed by atoms with Crippen molar-refractivity contribution in [2.75, 3.05) is 6.54 Å². The summed E-state index contributed by atoms with van der Waals surface area (Å²) in [5.41, 5.74) is 7.93. The van der Waals surface area contributed by atoms with E-state index in [1.165, 1.54) is 0 Å². The third-order valence-corrected chi connectivity index (χ3v) is 4.17. The fourth-order valence-corrected chi connectivity index (χ4v) is 2.85. The van der Waals surface area contributed by atoms with Gasteiger partial charge in [0, 0.05) is 25.1 Å². The largest absolute Gasteiger partial charge is 0.330 e. The molecule has 1 heterocycles. The van der Waals surface area contributed by atoms with Crippen LogP contribution in [0.5, 0.6) is 0 Å². The highest BCUT2D eigenvalue weighted by molar-refractivity contribution is 5.80. The maximum atomic E-state index is 12.3. The van der Waals surface area contributed by atoms with Gasteiger partial charge < -0.3 is 5.73 Å². The molecule has 0 aliphatic rings. The molecular formula is C17H31N3O. The predicted molar refractivity (Wildman–Crippen MR) is 87.2 cm³/mol. The minimum atomic E-state index is 0.210. The number of hydrogen-bond acceptors (Lipinski definition) is 3. The molecule has 0 spiro atoms. The van der Waals surface area contributed by atoms with E-state index < -0.39 is 0 Å². The van der Waals surface area contributed by atoms with Crippen LogP contribution in [0.2, 0.25) is 0 Å². The summed E-state index contributed by atoms with van der Waals surface area (Å²) in [5.74, 6) is 0.806. The number of aromatic nitrogens is 2. The minimum Gasteiger partial charge on any atom is -0.330 e. The van der Waals surface area contributed by atoms with Gasteiger partial charge in [-0.15, -0.1) is 0 Å². The number of nitrogens with zero attached hydrogens (tertiary/aromatic N) is 2. The molecule has 0 aliphatic carbocycles. The number of nitrogens with two attached hydrogens (primary N) is 1. The summed E-state index contributed by atoms with van der Waals surface area (Å²) in [7, 11) is 0. The molecule has 4 nitrogen and oxygen atoms in total. The molecule has 0 fully saturated rings. The summed E-state index contributed by atoms with van der Waals surface area (Å²) >= 11 is 0. The van der Waals surface area contributed by atoms with Gasteiger partial charge in [0.05, 0.1) is 5.69 Å². The lowest BCUT2D eigenvalue weighted by Gasteiger charge is -2.30. The monoisotopic (exact) mass is 293 g/mol. The van der Waals surface area contributed by atoms with E-state index >= 15 is 0 Å². The zero-order valence-corrected chi connectivity index (χ0v) is 14.3. The molecule has 21 heavy (non-hydrogen) atoms. The Bertz CT molecular complexity index is 457. The van der Waals surface area contributed by atoms with Crippen molar-refractivity contribution in [2.24, 2.45) is 17.1 Å². The third kappa shape index (κ3) is 5.62. The second kappa shape index (κ2) is 7.74. The van der Waals surface area contributed by atoms with Crippen molar-refractivity contribution in [3.63, 3.8) is 0 Å². The van der Waals surface area contributed by atoms with Crippen LogP contribution in [-0.2, 0) is 17.8 Å². The first-order chi connectivity index (χ1) is 9.77. The van der Waals surface area contributed by atoms with Crippen LogP contribution in [0.15, 0.2) is 6.07 Å². The third-order valence-electron chi connectivity index (χ3n) is 4.17. The molecule has 0 saturated heterocycles. The molecule has 120 valence electrons. The van der Waals surface area contributed by atoms with Gasteiger partial charge in [0.1, 0.15) is 5.78 Å². The average molecular weight is 293 g/mol. The molecule has 0 bridgehead atoms. The van der Waals surface area contributed by atoms with Crippen molar-refractivity contribution in [1.29, 1.82) is 0 Å². The summed E-state index contributed by atoms with van der Waals surface area (Å²) in [5, 5.41) is 4.39. The SMILES string of the molecule is CCn1nc(C)cc1CC(=O)CCC(CCN)C(C)(C)C. The van der Waals surface area contributed by atoms with Crippen LogP contribution >= 0.6 is 0 Å². The number of hydrogen-bond donors (Lipinski definition) is 1. The van der Waals surface area contributed by atoms with E-state index in [0.29, 0.717) is 31.1 Å². The summed E-state index contributed by atoms with van der Waals surface area (Å²) in [6, 6.07) is 2.02. The zero-order valence-electron chi connectivity index (χ0n) is 14.3. The summed E-state index contributed by atoms with van der Waals surface area (Å²) in [6.45, 7) is 12.2. The predicted octanol–water partition coefficient (Wildman–Crippen LogP) is 3.11. The molecule has 4 heteroatoms. The molecule has 0 radical (unpaired) electrons. The normalized spacial score (nSPS) is 13.4. The van der Waals surface area contributed by atoms with Crippen molar-refractivity contribution in [1.82, 2.24) is 9.78 Å². The van der Waals surface area contributed by atoms with Crippen molar-refractivity contribution in [3.8, 4) is 0 Å². The maximum absolute atomic E-state index is 12.3. The Balaban J connectivity index is 2.57. The fourth-order valence-electron chi connectivity index (χ4n) is 2.85. The Hall–Kier alpha value is -1.16. The Morgan fingerprint density at radius 3 is 2.57 bits per heavy atom. The van der Waals surface area contributed by atoms with Crippen LogP contribution in [-0.4, -0.2) is 22.1 Å². The number of aryl methyl sites for hydroxylation is 2. The lowest BCUT2D eigenvalue weighted by molar-refractivity contribution is -0.119. The van der Waals surface area contributed by atoms with Gasteiger partial charge in [0.15, 0.2) is 0 Å². The molecular weight excluding hydrogens is 262 g/mol. The lowest BCUT2D eigenvalue weighted by atomic mass is 9.76. The summed E-state index contributed by atoms with van der Waals surface area (Å²) in [4.78, 5) is 12.3. The van der Waals surface area contributed by atoms with E-state index in [1.807, 2.05) is 17.7 Å². The Labute approximate surface area is 129 Å². The molecule has 1 rings (SSSR count). The van der Waals surface area contributed by atoms with E-state index in [2.05, 4.69) is 32.8 Å². The van der Waals surface area contributed by atoms with Crippen LogP contribution in [0.4, 0.5) is 0 Å². The van der Waals surface area contributed by atoms with Crippen LogP contribution in [0.1, 0.15) is 58.3 Å². The van der Waals surface area contributed by atoms with E-state index in [-0.39, 0.29) is 5.41 Å². The number of carbonyl (C=O) groups is 1. The summed E-state index contributed by atoms with van der Waals surface area (Å²) < 4.78 is 1.92. The van der Waals surface area contributed by atoms with Crippen LogP contribution in [0.25, 0.3) is 0 Å². The van der Waals surface area contributed by atoms with Gasteiger partial charge in [-0.1, -0.05) is 20.8 Å². The zero-order chi connectivity index (χ0) is 16.0. The van der Waals surface area contributed by atoms with Crippen molar-refractivity contribution in [2.45, 2.75) is 66.8 Å². The van der Waals surface area contributed by atoms with Crippen LogP contribution in [0, 0.1) is 18.3 Å². The van der Waals surface area contributed by atoms with Gasteiger partial charge in [-0.25, -0.2) is 0 Å². The standard InChI is InChI=1S/C17H31N3O/c1-6-20-15(11-13(2)19-20)12-16(21)8-7-14(9-10-18)17(3,4)5/h11,14H,6-10,12,18H2,1-5H3. The van der Waals surface area contributed by atoms with Gasteiger partial charge in [-0.3, -0.25) is 9.48 Å². The quantitative estimate of drug-likeness (QED) is 0.801. The second-order valence-electron chi connectivity index (χ2n) is 6.99. The molecule has 2 N–H and O–H groups in total. The van der Waals surface area contributed by atoms with Crippen LogP contribution in [0.3, 0.4) is 0 Å². The fraction of sp³-hybridized carbons (Fsp3) is 0.765. The van der Waals surface area contributed by atoms with Crippen molar-refractivity contribution < 1.29 is 4.79 Å². The minimum absolute atomic E-state index is 0.210. The molecule has 1 aromatic rings. The van der Waals surface area contributed by atoms with Crippen molar-refractivity contribution in [3.05, 3.63) is 17.5 Å². The molecule has 0 aliphatic heterocycles. The lowest BCUT2D eigenvalue weighted by Crippen LogP contribution is -2.24. The van der Waals surface area contributed by atoms with Crippen molar-refractivity contribution >= 4 is 5.78 Å². The maximum Gasteiger partial charge on any atom is 0.138 e. The number of Topliss-reactive ketones (excluding diaryl/α,β-unsaturated/α-hetero) is 1. The number of ketones is 1. The van der Waals surface area contributed by atoms with E-state index in [1.54, 1.807) is 0 Å². The molecule has 0 aromatic carbocycles. The van der Waals surface area contributed by atoms with E-state index in [9.17, 15) is 4.79 Å². The topological polar surface area (TPSA) is 60.9 Å². The first kappa shape index (κ1) is 17.9. The van der Waals surface area contributed by atoms with Gasteiger partial charge in [0.2, 0.25) is 0 Å². The first-order valence-corrected chi connectivity index (χ1v) is 8.03. The Morgan fingerprint density at radius 1 is 1.38 bits per heavy atom. The van der Waals surface area contributed by atoms with Gasteiger partial charge >= 0.3 is 0 Å². The first-order valence-electron chi connectivity index (χ1n) is 8.03. The smallest absolute Gasteiger partial charge is 0.138 e. The number of carbonyl (C=O) groups excluding carboxylic acids is 1. The van der Waals surface area contributed by atoms with E-state index in [0.717, 1.165) is 30.8 Å². The summed E-state index contributed by atoms with van der Waals surface area (Å²) in [6.07, 6.45) is 3.05. The highest BCUT2D eigenvalue weighted by atomic mass is 16.1. The van der Waals surface area contributed by atoms with Gasteiger partial charge in [-0.2, -0.15) is 5.10 Å². The van der Waals surface area contributed by atoms with Crippen LogP contribution < -0.4 is 5.73 Å². The molecule has 0 saturated carbocycles. The molecule has 1 atom stereocenters. The molecule has 1 aromatic heterocycles. The van der Waals surface area contributed by atoms with E-state index in [4.69, 9.17) is 5.73 Å². The average Bonchev–Trinajstić information content (AvgIpc) is 2.73. The highest BCUT2D eigenvalue weighted by Gasteiger charge is 2.24. The highest BCUT2D eigenvalue weighted by Crippen LogP contribution is 2.32.